The average Bonchev–Trinajstić information content (AvgIpc) is 2.58. The minimum absolute atomic E-state index is 0.222. The maximum Gasteiger partial charge on any atom is 0.378 e. The van der Waals surface area contributed by atoms with Crippen molar-refractivity contribution in [1.82, 2.24) is 0 Å². The summed E-state index contributed by atoms with van der Waals surface area (Å²) in [6.07, 6.45) is 1.19. The Morgan fingerprint density at radius 3 is 1.44 bits per heavy atom. The first-order chi connectivity index (χ1) is 12.0. The lowest BCUT2D eigenvalue weighted by Gasteiger charge is -2.06. The Hall–Kier alpha value is -1.31. The van der Waals surface area contributed by atoms with Crippen LogP contribution in [0.2, 0.25) is 0 Å². The van der Waals surface area contributed by atoms with E-state index in [1.165, 1.54) is 0 Å². The number of ether oxygens (including phenoxy) is 2. The third kappa shape index (κ3) is 8.07. The Morgan fingerprint density at radius 1 is 0.720 bits per heavy atom. The predicted octanol–water partition coefficient (Wildman–Crippen LogP) is 6.00. The molecular weight excluding hydrogens is 472 g/mol. The van der Waals surface area contributed by atoms with Crippen molar-refractivity contribution in [2.75, 3.05) is 13.2 Å². The molecule has 2 aromatic rings. The number of carbonyl (C=O) groups excluding carboxylic acids is 2. The molecule has 2 aromatic carbocycles. The van der Waals surface area contributed by atoms with Gasteiger partial charge in [-0.1, -0.05) is 56.1 Å². The number of hydrogen-bond acceptors (Lipinski definition) is 5. The lowest BCUT2D eigenvalue weighted by Crippen LogP contribution is -2.08. The van der Waals surface area contributed by atoms with Gasteiger partial charge in [-0.25, -0.2) is 9.59 Å². The molecule has 0 radical (unpaired) electrons. The molecule has 0 saturated carbocycles. The van der Waals surface area contributed by atoms with E-state index in [9.17, 15) is 9.59 Å². The van der Waals surface area contributed by atoms with E-state index in [1.54, 1.807) is 0 Å². The van der Waals surface area contributed by atoms with Crippen molar-refractivity contribution in [2.24, 2.45) is 0 Å². The van der Waals surface area contributed by atoms with Crippen LogP contribution in [0.4, 0.5) is 9.59 Å². The number of thioether (sulfide) groups is 1. The number of benzene rings is 2. The zero-order chi connectivity index (χ0) is 18.1. The number of rotatable bonds is 6. The van der Waals surface area contributed by atoms with Crippen LogP contribution >= 0.6 is 43.6 Å². The highest BCUT2D eigenvalue weighted by Crippen LogP contribution is 2.14. The lowest BCUT2D eigenvalue weighted by molar-refractivity contribution is 0.170. The summed E-state index contributed by atoms with van der Waals surface area (Å²) < 4.78 is 12.1. The van der Waals surface area contributed by atoms with Crippen LogP contribution in [0.25, 0.3) is 0 Å². The Labute approximate surface area is 167 Å². The molecule has 2 rings (SSSR count). The molecule has 0 N–H and O–H groups in total. The molecule has 0 heterocycles. The molecule has 4 nitrogen and oxygen atoms in total. The zero-order valence-electron chi connectivity index (χ0n) is 13.2. The Balaban J connectivity index is 1.60. The Morgan fingerprint density at radius 2 is 1.08 bits per heavy atom. The largest absolute Gasteiger partial charge is 0.457 e. The van der Waals surface area contributed by atoms with E-state index in [0.717, 1.165) is 20.1 Å². The molecule has 7 heteroatoms. The van der Waals surface area contributed by atoms with Gasteiger partial charge < -0.3 is 9.47 Å². The van der Waals surface area contributed by atoms with E-state index >= 15 is 0 Å². The first-order valence-electron chi connectivity index (χ1n) is 7.53. The number of hydrogen-bond donors (Lipinski definition) is 0. The van der Waals surface area contributed by atoms with Crippen molar-refractivity contribution in [3.05, 3.63) is 68.6 Å². The van der Waals surface area contributed by atoms with E-state index in [-0.39, 0.29) is 13.2 Å². The van der Waals surface area contributed by atoms with Crippen molar-refractivity contribution >= 4 is 54.2 Å². The first-order valence-corrected chi connectivity index (χ1v) is 9.93. The molecular formula is C18H16Br2O4S. The van der Waals surface area contributed by atoms with E-state index in [0.29, 0.717) is 24.6 Å². The van der Waals surface area contributed by atoms with E-state index < -0.39 is 10.6 Å². The van der Waals surface area contributed by atoms with Crippen LogP contribution in [0.1, 0.15) is 11.1 Å². The third-order valence-corrected chi connectivity index (χ3v) is 4.84. The highest BCUT2D eigenvalue weighted by molar-refractivity contribution is 9.10. The summed E-state index contributed by atoms with van der Waals surface area (Å²) in [5.74, 6) is 0. The van der Waals surface area contributed by atoms with Gasteiger partial charge in [0.15, 0.2) is 0 Å². The van der Waals surface area contributed by atoms with Crippen molar-refractivity contribution in [3.8, 4) is 0 Å². The van der Waals surface area contributed by atoms with Gasteiger partial charge in [-0.3, -0.25) is 0 Å². The van der Waals surface area contributed by atoms with Gasteiger partial charge in [-0.05, 0) is 35.4 Å². The fourth-order valence-electron chi connectivity index (χ4n) is 1.93. The van der Waals surface area contributed by atoms with E-state index in [1.807, 2.05) is 48.5 Å². The Kier molecular flexibility index (Phi) is 8.51. The molecule has 0 unspecified atom stereocenters. The first kappa shape index (κ1) is 20.0. The lowest BCUT2D eigenvalue weighted by atomic mass is 10.2. The monoisotopic (exact) mass is 486 g/mol. The van der Waals surface area contributed by atoms with Crippen molar-refractivity contribution in [2.45, 2.75) is 12.8 Å². The van der Waals surface area contributed by atoms with Gasteiger partial charge >= 0.3 is 10.6 Å². The van der Waals surface area contributed by atoms with Gasteiger partial charge in [0.25, 0.3) is 0 Å². The molecule has 132 valence electrons. The maximum atomic E-state index is 11.6. The van der Waals surface area contributed by atoms with E-state index in [4.69, 9.17) is 9.47 Å². The SMILES string of the molecule is O=C(OCCc1ccc(Br)cc1)SC(=O)OCCc1ccc(Br)cc1. The van der Waals surface area contributed by atoms with Crippen LogP contribution in [0.3, 0.4) is 0 Å². The normalized spacial score (nSPS) is 10.3. The van der Waals surface area contributed by atoms with Gasteiger partial charge in [0.05, 0.1) is 25.0 Å². The standard InChI is InChI=1S/C18H16Br2O4S/c19-15-5-1-13(2-6-15)9-11-23-17(21)25-18(22)24-12-10-14-3-7-16(20)8-4-14/h1-8H,9-12H2. The molecule has 0 bridgehead atoms. The highest BCUT2D eigenvalue weighted by Gasteiger charge is 2.13. The summed E-state index contributed by atoms with van der Waals surface area (Å²) in [6, 6.07) is 15.5. The van der Waals surface area contributed by atoms with Gasteiger partial charge in [0, 0.05) is 21.8 Å². The highest BCUT2D eigenvalue weighted by atomic mass is 79.9. The fraction of sp³-hybridized carbons (Fsp3) is 0.222. The summed E-state index contributed by atoms with van der Waals surface area (Å²) in [6.45, 7) is 0.444. The van der Waals surface area contributed by atoms with Crippen LogP contribution in [0.5, 0.6) is 0 Å². The number of halogens is 2. The minimum Gasteiger partial charge on any atom is -0.457 e. The summed E-state index contributed by atoms with van der Waals surface area (Å²) in [5, 5.41) is -1.29. The summed E-state index contributed by atoms with van der Waals surface area (Å²) in [5.41, 5.74) is 2.11. The summed E-state index contributed by atoms with van der Waals surface area (Å²) in [7, 11) is 0. The van der Waals surface area contributed by atoms with Gasteiger partial charge in [0.2, 0.25) is 0 Å². The van der Waals surface area contributed by atoms with Crippen molar-refractivity contribution in [3.63, 3.8) is 0 Å². The molecule has 0 amide bonds. The fourth-order valence-corrected chi connectivity index (χ4v) is 2.88. The van der Waals surface area contributed by atoms with Gasteiger partial charge in [-0.15, -0.1) is 0 Å². The topological polar surface area (TPSA) is 52.6 Å². The smallest absolute Gasteiger partial charge is 0.378 e. The van der Waals surface area contributed by atoms with Crippen LogP contribution in [-0.2, 0) is 22.3 Å². The third-order valence-electron chi connectivity index (χ3n) is 3.21. The summed E-state index contributed by atoms with van der Waals surface area (Å²) >= 11 is 7.16. The second-order valence-electron chi connectivity index (χ2n) is 5.05. The van der Waals surface area contributed by atoms with Crippen LogP contribution < -0.4 is 0 Å². The molecule has 0 aliphatic carbocycles. The minimum atomic E-state index is -0.647. The molecule has 0 atom stereocenters. The van der Waals surface area contributed by atoms with Crippen LogP contribution in [0, 0.1) is 0 Å². The molecule has 0 fully saturated rings. The average molecular weight is 488 g/mol. The molecule has 25 heavy (non-hydrogen) atoms. The molecule has 0 saturated heterocycles. The quantitative estimate of drug-likeness (QED) is 0.467. The molecule has 0 spiro atoms. The molecule has 0 aromatic heterocycles. The molecule has 0 aliphatic heterocycles. The second-order valence-corrected chi connectivity index (χ2v) is 7.75. The van der Waals surface area contributed by atoms with Crippen molar-refractivity contribution < 1.29 is 19.1 Å². The second kappa shape index (κ2) is 10.6. The van der Waals surface area contributed by atoms with E-state index in [2.05, 4.69) is 31.9 Å². The number of carbonyl (C=O) groups is 2. The van der Waals surface area contributed by atoms with Crippen LogP contribution in [0.15, 0.2) is 57.5 Å². The zero-order valence-corrected chi connectivity index (χ0v) is 17.2. The van der Waals surface area contributed by atoms with Crippen molar-refractivity contribution in [1.29, 1.82) is 0 Å². The maximum absolute atomic E-state index is 11.6. The van der Waals surface area contributed by atoms with Gasteiger partial charge in [0.1, 0.15) is 0 Å². The predicted molar refractivity (Wildman–Crippen MR) is 106 cm³/mol. The Bertz CT molecular complexity index is 641. The van der Waals surface area contributed by atoms with Crippen LogP contribution in [-0.4, -0.2) is 23.8 Å². The molecule has 0 aliphatic rings. The summed E-state index contributed by atoms with van der Waals surface area (Å²) in [4.78, 5) is 23.2. The van der Waals surface area contributed by atoms with Gasteiger partial charge in [-0.2, -0.15) is 0 Å².